The SMILES string of the molecule is CCC(C)c1cc(C(C)(CC)c2ccc(Oc3ccc(N)cc3)c(C(C)CC)c2)ccc1Oc1ccc(N)cc1. The van der Waals surface area contributed by atoms with Crippen molar-refractivity contribution >= 4 is 11.4 Å². The average molecular weight is 537 g/mol. The van der Waals surface area contributed by atoms with E-state index in [-0.39, 0.29) is 5.41 Å². The highest BCUT2D eigenvalue weighted by Gasteiger charge is 2.30. The number of ether oxygens (including phenoxy) is 2. The van der Waals surface area contributed by atoms with Crippen LogP contribution in [0.4, 0.5) is 11.4 Å². The summed E-state index contributed by atoms with van der Waals surface area (Å²) in [7, 11) is 0. The quantitative estimate of drug-likeness (QED) is 0.187. The summed E-state index contributed by atoms with van der Waals surface area (Å²) >= 11 is 0. The molecule has 2 atom stereocenters. The number of nitrogens with two attached hydrogens (primary N) is 2. The molecule has 4 heteroatoms. The molecular weight excluding hydrogens is 492 g/mol. The molecule has 0 aromatic heterocycles. The first-order valence-corrected chi connectivity index (χ1v) is 14.5. The van der Waals surface area contributed by atoms with Gasteiger partial charge in [0.15, 0.2) is 0 Å². The zero-order valence-corrected chi connectivity index (χ0v) is 24.8. The zero-order chi connectivity index (χ0) is 28.9. The first-order valence-electron chi connectivity index (χ1n) is 14.5. The van der Waals surface area contributed by atoms with Crippen LogP contribution in [0.5, 0.6) is 23.0 Å². The van der Waals surface area contributed by atoms with Crippen molar-refractivity contribution in [3.63, 3.8) is 0 Å². The van der Waals surface area contributed by atoms with Crippen LogP contribution in [0.1, 0.15) is 94.9 Å². The fourth-order valence-electron chi connectivity index (χ4n) is 5.08. The van der Waals surface area contributed by atoms with Crippen molar-refractivity contribution < 1.29 is 9.47 Å². The monoisotopic (exact) mass is 536 g/mol. The van der Waals surface area contributed by atoms with Crippen LogP contribution in [-0.4, -0.2) is 0 Å². The minimum Gasteiger partial charge on any atom is -0.457 e. The normalized spacial score (nSPS) is 14.2. The van der Waals surface area contributed by atoms with Gasteiger partial charge in [-0.3, -0.25) is 0 Å². The zero-order valence-electron chi connectivity index (χ0n) is 24.8. The molecule has 0 aliphatic carbocycles. The lowest BCUT2D eigenvalue weighted by molar-refractivity contribution is 0.466. The van der Waals surface area contributed by atoms with Gasteiger partial charge in [0.1, 0.15) is 23.0 Å². The summed E-state index contributed by atoms with van der Waals surface area (Å²) in [5.41, 5.74) is 18.1. The Kier molecular flexibility index (Phi) is 9.09. The van der Waals surface area contributed by atoms with Gasteiger partial charge in [-0.05, 0) is 114 Å². The van der Waals surface area contributed by atoms with Gasteiger partial charge in [0.05, 0.1) is 0 Å². The summed E-state index contributed by atoms with van der Waals surface area (Å²) in [5, 5.41) is 0. The maximum absolute atomic E-state index is 6.36. The summed E-state index contributed by atoms with van der Waals surface area (Å²) < 4.78 is 12.7. The molecule has 0 spiro atoms. The van der Waals surface area contributed by atoms with Crippen molar-refractivity contribution in [1.29, 1.82) is 0 Å². The van der Waals surface area contributed by atoms with E-state index in [2.05, 4.69) is 77.9 Å². The number of anilines is 2. The molecule has 40 heavy (non-hydrogen) atoms. The molecule has 0 saturated carbocycles. The molecule has 4 N–H and O–H groups in total. The van der Waals surface area contributed by atoms with Gasteiger partial charge in [0.25, 0.3) is 0 Å². The molecule has 4 nitrogen and oxygen atoms in total. The van der Waals surface area contributed by atoms with Crippen molar-refractivity contribution in [3.05, 3.63) is 107 Å². The highest BCUT2D eigenvalue weighted by atomic mass is 16.5. The van der Waals surface area contributed by atoms with E-state index >= 15 is 0 Å². The van der Waals surface area contributed by atoms with Crippen LogP contribution in [0.3, 0.4) is 0 Å². The lowest BCUT2D eigenvalue weighted by atomic mass is 9.72. The third kappa shape index (κ3) is 6.28. The van der Waals surface area contributed by atoms with E-state index in [1.165, 1.54) is 22.3 Å². The second-order valence-electron chi connectivity index (χ2n) is 11.2. The van der Waals surface area contributed by atoms with Crippen LogP contribution < -0.4 is 20.9 Å². The Labute approximate surface area is 240 Å². The van der Waals surface area contributed by atoms with Gasteiger partial charge in [-0.25, -0.2) is 0 Å². The summed E-state index contributed by atoms with van der Waals surface area (Å²) in [5.74, 6) is 4.09. The number of rotatable bonds is 11. The van der Waals surface area contributed by atoms with Gasteiger partial charge in [-0.1, -0.05) is 65.8 Å². The molecule has 0 amide bonds. The molecule has 0 fully saturated rings. The van der Waals surface area contributed by atoms with E-state index in [1.807, 2.05) is 48.5 Å². The lowest BCUT2D eigenvalue weighted by Crippen LogP contribution is -2.23. The van der Waals surface area contributed by atoms with Crippen LogP contribution in [-0.2, 0) is 5.41 Å². The molecule has 0 bridgehead atoms. The van der Waals surface area contributed by atoms with E-state index in [4.69, 9.17) is 20.9 Å². The molecule has 2 unspecified atom stereocenters. The third-order valence-corrected chi connectivity index (χ3v) is 8.50. The Morgan fingerprint density at radius 1 is 0.600 bits per heavy atom. The van der Waals surface area contributed by atoms with Crippen molar-refractivity contribution in [1.82, 2.24) is 0 Å². The highest BCUT2D eigenvalue weighted by molar-refractivity contribution is 5.52. The fraction of sp³-hybridized carbons (Fsp3) is 0.333. The average Bonchev–Trinajstić information content (AvgIpc) is 2.98. The topological polar surface area (TPSA) is 70.5 Å². The Morgan fingerprint density at radius 3 is 1.30 bits per heavy atom. The van der Waals surface area contributed by atoms with Gasteiger partial charge in [-0.15, -0.1) is 0 Å². The second kappa shape index (κ2) is 12.5. The predicted molar refractivity (Wildman–Crippen MR) is 169 cm³/mol. The molecular formula is C36H44N2O2. The molecule has 0 aliphatic rings. The van der Waals surface area contributed by atoms with Crippen LogP contribution in [0.25, 0.3) is 0 Å². The number of nitrogen functional groups attached to an aromatic ring is 2. The van der Waals surface area contributed by atoms with Gasteiger partial charge >= 0.3 is 0 Å². The fourth-order valence-corrected chi connectivity index (χ4v) is 5.08. The first-order chi connectivity index (χ1) is 19.2. The van der Waals surface area contributed by atoms with Gasteiger partial charge in [-0.2, -0.15) is 0 Å². The summed E-state index contributed by atoms with van der Waals surface area (Å²) in [6, 6.07) is 28.6. The van der Waals surface area contributed by atoms with E-state index in [0.717, 1.165) is 53.6 Å². The standard InChI is InChI=1S/C36H44N2O2/c1-7-24(4)32-22-26(10-20-34(32)39-30-16-12-28(37)13-17-30)36(6,9-3)27-11-21-35(33(23-27)25(5)8-2)40-31-18-14-29(38)15-19-31/h10-25H,7-9,37-38H2,1-6H3. The first kappa shape index (κ1) is 29.1. The lowest BCUT2D eigenvalue weighted by Gasteiger charge is -2.32. The summed E-state index contributed by atoms with van der Waals surface area (Å²) in [6.07, 6.45) is 3.02. The van der Waals surface area contributed by atoms with Gasteiger partial charge < -0.3 is 20.9 Å². The second-order valence-corrected chi connectivity index (χ2v) is 11.2. The van der Waals surface area contributed by atoms with Crippen LogP contribution >= 0.6 is 0 Å². The molecule has 4 aromatic carbocycles. The van der Waals surface area contributed by atoms with Crippen LogP contribution in [0.2, 0.25) is 0 Å². The maximum atomic E-state index is 6.36. The van der Waals surface area contributed by atoms with Crippen LogP contribution in [0, 0.1) is 0 Å². The van der Waals surface area contributed by atoms with E-state index in [1.54, 1.807) is 0 Å². The molecule has 0 saturated heterocycles. The minimum atomic E-state index is -0.177. The molecule has 0 radical (unpaired) electrons. The number of benzene rings is 4. The highest BCUT2D eigenvalue weighted by Crippen LogP contribution is 2.43. The predicted octanol–water partition coefficient (Wildman–Crippen LogP) is 10.2. The summed E-state index contributed by atoms with van der Waals surface area (Å²) in [4.78, 5) is 0. The largest absolute Gasteiger partial charge is 0.457 e. The smallest absolute Gasteiger partial charge is 0.130 e. The Morgan fingerprint density at radius 2 is 0.975 bits per heavy atom. The number of hydrogen-bond donors (Lipinski definition) is 2. The molecule has 4 rings (SSSR count). The third-order valence-electron chi connectivity index (χ3n) is 8.50. The van der Waals surface area contributed by atoms with Gasteiger partial charge in [0.2, 0.25) is 0 Å². The van der Waals surface area contributed by atoms with Crippen LogP contribution in [0.15, 0.2) is 84.9 Å². The molecule has 210 valence electrons. The Hall–Kier alpha value is -3.92. The van der Waals surface area contributed by atoms with Crippen molar-refractivity contribution in [2.24, 2.45) is 0 Å². The maximum Gasteiger partial charge on any atom is 0.130 e. The Bertz CT molecular complexity index is 1310. The van der Waals surface area contributed by atoms with Gasteiger partial charge in [0, 0.05) is 16.8 Å². The molecule has 4 aromatic rings. The van der Waals surface area contributed by atoms with E-state index in [0.29, 0.717) is 11.8 Å². The van der Waals surface area contributed by atoms with Crippen molar-refractivity contribution in [2.45, 2.75) is 78.1 Å². The Balaban J connectivity index is 1.74. The van der Waals surface area contributed by atoms with E-state index < -0.39 is 0 Å². The number of hydrogen-bond acceptors (Lipinski definition) is 4. The molecule has 0 heterocycles. The van der Waals surface area contributed by atoms with E-state index in [9.17, 15) is 0 Å². The van der Waals surface area contributed by atoms with Crippen molar-refractivity contribution in [2.75, 3.05) is 11.5 Å². The summed E-state index contributed by atoms with van der Waals surface area (Å²) in [6.45, 7) is 13.6. The minimum absolute atomic E-state index is 0.177. The van der Waals surface area contributed by atoms with Crippen molar-refractivity contribution in [3.8, 4) is 23.0 Å². The molecule has 0 aliphatic heterocycles.